The van der Waals surface area contributed by atoms with E-state index >= 15 is 0 Å². The Kier molecular flexibility index (Phi) is 5.33. The number of anilines is 1. The van der Waals surface area contributed by atoms with Gasteiger partial charge in [0, 0.05) is 0 Å². The zero-order valence-electron chi connectivity index (χ0n) is 10.2. The highest BCUT2D eigenvalue weighted by molar-refractivity contribution is 7.12. The Bertz CT molecular complexity index is 476. The van der Waals surface area contributed by atoms with Crippen LogP contribution in [0.3, 0.4) is 0 Å². The van der Waals surface area contributed by atoms with Crippen molar-refractivity contribution in [2.75, 3.05) is 12.4 Å². The second-order valence-electron chi connectivity index (χ2n) is 3.61. The Balaban J connectivity index is 2.79. The molecule has 5 nitrogen and oxygen atoms in total. The van der Waals surface area contributed by atoms with Gasteiger partial charge in [0.05, 0.1) is 18.9 Å². The van der Waals surface area contributed by atoms with Crippen LogP contribution in [0.1, 0.15) is 29.4 Å². The lowest BCUT2D eigenvalue weighted by Crippen LogP contribution is -2.22. The number of hydrogen-bond acceptors (Lipinski definition) is 5. The first-order valence-corrected chi connectivity index (χ1v) is 6.38. The monoisotopic (exact) mass is 266 g/mol. The first-order chi connectivity index (χ1) is 8.63. The number of nitrogens with one attached hydrogen (secondary N) is 1. The standard InChI is InChI=1S/C12H14N2O3S/c1-3-4-8(7-13)11(15)14-9-5-6-18-10(9)12(16)17-2/h5-6,8H,3-4H2,1-2H3,(H,14,15). The van der Waals surface area contributed by atoms with Crippen LogP contribution >= 0.6 is 11.3 Å². The highest BCUT2D eigenvalue weighted by atomic mass is 32.1. The molecule has 96 valence electrons. The van der Waals surface area contributed by atoms with Gasteiger partial charge < -0.3 is 10.1 Å². The van der Waals surface area contributed by atoms with Crippen LogP contribution in [0.25, 0.3) is 0 Å². The van der Waals surface area contributed by atoms with E-state index in [0.717, 1.165) is 6.42 Å². The number of carbonyl (C=O) groups is 2. The highest BCUT2D eigenvalue weighted by Crippen LogP contribution is 2.24. The summed E-state index contributed by atoms with van der Waals surface area (Å²) < 4.78 is 4.61. The van der Waals surface area contributed by atoms with Gasteiger partial charge in [-0.15, -0.1) is 11.3 Å². The molecule has 0 fully saturated rings. The molecule has 0 saturated carbocycles. The lowest BCUT2D eigenvalue weighted by Gasteiger charge is -2.09. The Morgan fingerprint density at radius 3 is 2.89 bits per heavy atom. The molecule has 6 heteroatoms. The van der Waals surface area contributed by atoms with Crippen LogP contribution in [-0.2, 0) is 9.53 Å². The van der Waals surface area contributed by atoms with Crippen molar-refractivity contribution >= 4 is 28.9 Å². The minimum Gasteiger partial charge on any atom is -0.465 e. The number of nitriles is 1. The molecule has 0 saturated heterocycles. The normalized spacial score (nSPS) is 11.4. The van der Waals surface area contributed by atoms with Gasteiger partial charge in [-0.1, -0.05) is 13.3 Å². The predicted octanol–water partition coefficient (Wildman–Crippen LogP) is 2.41. The molecule has 0 spiro atoms. The zero-order chi connectivity index (χ0) is 13.5. The Hall–Kier alpha value is -1.87. The number of thiophene rings is 1. The van der Waals surface area contributed by atoms with Crippen LogP contribution in [0.4, 0.5) is 5.69 Å². The molecular weight excluding hydrogens is 252 g/mol. The fourth-order valence-corrected chi connectivity index (χ4v) is 2.19. The third-order valence-corrected chi connectivity index (χ3v) is 3.24. The van der Waals surface area contributed by atoms with E-state index in [2.05, 4.69) is 10.1 Å². The Labute approximate surface area is 109 Å². The summed E-state index contributed by atoms with van der Waals surface area (Å²) in [5.74, 6) is -1.58. The average Bonchev–Trinajstić information content (AvgIpc) is 2.82. The number of hydrogen-bond donors (Lipinski definition) is 1. The van der Waals surface area contributed by atoms with Crippen molar-refractivity contribution in [2.45, 2.75) is 19.8 Å². The topological polar surface area (TPSA) is 79.2 Å². The van der Waals surface area contributed by atoms with Crippen molar-refractivity contribution in [1.29, 1.82) is 5.26 Å². The van der Waals surface area contributed by atoms with Gasteiger partial charge in [-0.3, -0.25) is 4.79 Å². The molecule has 1 atom stereocenters. The summed E-state index contributed by atoms with van der Waals surface area (Å²) in [4.78, 5) is 23.6. The van der Waals surface area contributed by atoms with E-state index in [1.54, 1.807) is 11.4 Å². The van der Waals surface area contributed by atoms with Crippen molar-refractivity contribution in [3.05, 3.63) is 16.3 Å². The summed E-state index contributed by atoms with van der Waals surface area (Å²) in [7, 11) is 1.28. The lowest BCUT2D eigenvalue weighted by molar-refractivity contribution is -0.118. The number of amides is 1. The van der Waals surface area contributed by atoms with Crippen LogP contribution in [-0.4, -0.2) is 19.0 Å². The molecule has 1 rings (SSSR count). The molecule has 0 bridgehead atoms. The van der Waals surface area contributed by atoms with E-state index in [1.807, 2.05) is 13.0 Å². The lowest BCUT2D eigenvalue weighted by atomic mass is 10.0. The van der Waals surface area contributed by atoms with E-state index in [-0.39, 0.29) is 5.91 Å². The molecule has 1 heterocycles. The molecule has 1 amide bonds. The summed E-state index contributed by atoms with van der Waals surface area (Å²) >= 11 is 1.18. The number of esters is 1. The minimum absolute atomic E-state index is 0.332. The summed E-state index contributed by atoms with van der Waals surface area (Å²) in [6, 6.07) is 3.57. The van der Waals surface area contributed by atoms with Crippen molar-refractivity contribution in [2.24, 2.45) is 5.92 Å². The quantitative estimate of drug-likeness (QED) is 0.830. The van der Waals surface area contributed by atoms with Gasteiger partial charge in [0.25, 0.3) is 0 Å². The van der Waals surface area contributed by atoms with E-state index in [1.165, 1.54) is 18.4 Å². The van der Waals surface area contributed by atoms with Crippen molar-refractivity contribution in [1.82, 2.24) is 0 Å². The van der Waals surface area contributed by atoms with Gasteiger partial charge in [0.2, 0.25) is 5.91 Å². The maximum absolute atomic E-state index is 11.8. The number of carbonyl (C=O) groups excluding carboxylic acids is 2. The van der Waals surface area contributed by atoms with Gasteiger partial charge in [-0.05, 0) is 17.9 Å². The van der Waals surface area contributed by atoms with Crippen LogP contribution in [0.2, 0.25) is 0 Å². The molecule has 0 aliphatic heterocycles. The number of ether oxygens (including phenoxy) is 1. The maximum Gasteiger partial charge on any atom is 0.350 e. The van der Waals surface area contributed by atoms with Crippen molar-refractivity contribution in [3.63, 3.8) is 0 Å². The van der Waals surface area contributed by atoms with E-state index in [4.69, 9.17) is 5.26 Å². The van der Waals surface area contributed by atoms with E-state index in [9.17, 15) is 9.59 Å². The summed E-state index contributed by atoms with van der Waals surface area (Å²) in [5, 5.41) is 13.2. The minimum atomic E-state index is -0.694. The average molecular weight is 266 g/mol. The Morgan fingerprint density at radius 1 is 1.61 bits per heavy atom. The molecule has 0 aromatic carbocycles. The predicted molar refractivity (Wildman–Crippen MR) is 68.3 cm³/mol. The van der Waals surface area contributed by atoms with Gasteiger partial charge in [-0.2, -0.15) is 5.26 Å². The third kappa shape index (κ3) is 3.31. The van der Waals surface area contributed by atoms with Crippen LogP contribution in [0.5, 0.6) is 0 Å². The van der Waals surface area contributed by atoms with Crippen molar-refractivity contribution in [3.8, 4) is 6.07 Å². The molecule has 1 N–H and O–H groups in total. The van der Waals surface area contributed by atoms with Crippen molar-refractivity contribution < 1.29 is 14.3 Å². The summed E-state index contributed by atoms with van der Waals surface area (Å²) in [6.07, 6.45) is 1.25. The fraction of sp³-hybridized carbons (Fsp3) is 0.417. The van der Waals surface area contributed by atoms with E-state index < -0.39 is 11.9 Å². The Morgan fingerprint density at radius 2 is 2.33 bits per heavy atom. The maximum atomic E-state index is 11.8. The van der Waals surface area contributed by atoms with E-state index in [0.29, 0.717) is 17.0 Å². The van der Waals surface area contributed by atoms with Gasteiger partial charge in [0.1, 0.15) is 10.8 Å². The molecular formula is C12H14N2O3S. The highest BCUT2D eigenvalue weighted by Gasteiger charge is 2.20. The molecule has 1 aromatic heterocycles. The van der Waals surface area contributed by atoms with Gasteiger partial charge in [0.15, 0.2) is 0 Å². The van der Waals surface area contributed by atoms with Crippen LogP contribution in [0, 0.1) is 17.2 Å². The number of nitrogens with zero attached hydrogens (tertiary/aromatic N) is 1. The molecule has 1 unspecified atom stereocenters. The third-order valence-electron chi connectivity index (χ3n) is 2.34. The smallest absolute Gasteiger partial charge is 0.350 e. The zero-order valence-corrected chi connectivity index (χ0v) is 11.0. The van der Waals surface area contributed by atoms with Crippen LogP contribution in [0.15, 0.2) is 11.4 Å². The molecule has 0 aliphatic rings. The number of methoxy groups -OCH3 is 1. The molecule has 0 aliphatic carbocycles. The second kappa shape index (κ2) is 6.77. The largest absolute Gasteiger partial charge is 0.465 e. The number of rotatable bonds is 5. The van der Waals surface area contributed by atoms with Crippen LogP contribution < -0.4 is 5.32 Å². The molecule has 18 heavy (non-hydrogen) atoms. The second-order valence-corrected chi connectivity index (χ2v) is 4.53. The summed E-state index contributed by atoms with van der Waals surface area (Å²) in [5.41, 5.74) is 0.396. The molecule has 1 aromatic rings. The molecule has 0 radical (unpaired) electrons. The van der Waals surface area contributed by atoms with Gasteiger partial charge in [-0.25, -0.2) is 4.79 Å². The van der Waals surface area contributed by atoms with Gasteiger partial charge >= 0.3 is 5.97 Å². The SMILES string of the molecule is CCCC(C#N)C(=O)Nc1ccsc1C(=O)OC. The fourth-order valence-electron chi connectivity index (χ4n) is 1.42. The first kappa shape index (κ1) is 14.2. The summed E-state index contributed by atoms with van der Waals surface area (Å²) in [6.45, 7) is 1.90. The first-order valence-electron chi connectivity index (χ1n) is 5.50.